The van der Waals surface area contributed by atoms with Gasteiger partial charge in [0, 0.05) is 13.1 Å². The number of amides is 1. The van der Waals surface area contributed by atoms with Crippen LogP contribution < -0.4 is 5.32 Å². The second-order valence-corrected chi connectivity index (χ2v) is 7.46. The van der Waals surface area contributed by atoms with Crippen LogP contribution in [0.1, 0.15) is 34.1 Å². The van der Waals surface area contributed by atoms with Crippen molar-refractivity contribution in [3.05, 3.63) is 0 Å². The van der Waals surface area contributed by atoms with Crippen molar-refractivity contribution in [3.63, 3.8) is 0 Å². The average molecular weight is 278 g/mol. The summed E-state index contributed by atoms with van der Waals surface area (Å²) in [5, 5.41) is 2.74. The van der Waals surface area contributed by atoms with Crippen LogP contribution in [0.2, 0.25) is 0 Å². The van der Waals surface area contributed by atoms with Gasteiger partial charge in [0.1, 0.15) is 0 Å². The fourth-order valence-electron chi connectivity index (χ4n) is 1.44. The van der Waals surface area contributed by atoms with Crippen molar-refractivity contribution in [2.75, 3.05) is 25.9 Å². The monoisotopic (exact) mass is 278 g/mol. The number of sulfonamides is 1. The summed E-state index contributed by atoms with van der Waals surface area (Å²) < 4.78 is 24.3. The molecule has 1 amide bonds. The molecule has 0 atom stereocenters. The van der Waals surface area contributed by atoms with E-state index in [9.17, 15) is 13.2 Å². The van der Waals surface area contributed by atoms with Crippen LogP contribution in [0.3, 0.4) is 0 Å². The maximum Gasteiger partial charge on any atom is 0.235 e. The molecular formula is C12H26N2O3S. The largest absolute Gasteiger partial charge is 0.355 e. The first-order chi connectivity index (χ1) is 8.12. The Labute approximate surface area is 111 Å². The second-order valence-electron chi connectivity index (χ2n) is 5.48. The molecule has 0 spiro atoms. The van der Waals surface area contributed by atoms with Gasteiger partial charge < -0.3 is 5.32 Å². The van der Waals surface area contributed by atoms with Crippen LogP contribution in [0.15, 0.2) is 0 Å². The lowest BCUT2D eigenvalue weighted by atomic mass is 10.1. The van der Waals surface area contributed by atoms with E-state index in [-0.39, 0.29) is 18.4 Å². The Balaban J connectivity index is 4.28. The SMILES string of the molecule is CC(C)CCNC(=O)CN(CC(C)C)S(C)(=O)=O. The highest BCUT2D eigenvalue weighted by Gasteiger charge is 2.20. The van der Waals surface area contributed by atoms with Gasteiger partial charge in [-0.05, 0) is 18.3 Å². The fourth-order valence-corrected chi connectivity index (χ4v) is 2.36. The molecule has 0 aromatic rings. The predicted molar refractivity (Wildman–Crippen MR) is 73.7 cm³/mol. The van der Waals surface area contributed by atoms with Crippen LogP contribution in [0.5, 0.6) is 0 Å². The minimum Gasteiger partial charge on any atom is -0.355 e. The van der Waals surface area contributed by atoms with Gasteiger partial charge >= 0.3 is 0 Å². The molecule has 0 unspecified atom stereocenters. The molecule has 6 heteroatoms. The quantitative estimate of drug-likeness (QED) is 0.722. The third-order valence-electron chi connectivity index (χ3n) is 2.40. The standard InChI is InChI=1S/C12H26N2O3S/c1-10(2)6-7-13-12(15)9-14(8-11(3)4)18(5,16)17/h10-11H,6-9H2,1-5H3,(H,13,15). The molecule has 0 aromatic carbocycles. The molecule has 5 nitrogen and oxygen atoms in total. The van der Waals surface area contributed by atoms with Crippen molar-refractivity contribution in [1.82, 2.24) is 9.62 Å². The summed E-state index contributed by atoms with van der Waals surface area (Å²) in [4.78, 5) is 11.6. The number of hydrogen-bond acceptors (Lipinski definition) is 3. The maximum absolute atomic E-state index is 11.6. The van der Waals surface area contributed by atoms with Gasteiger partial charge in [-0.2, -0.15) is 4.31 Å². The number of nitrogens with zero attached hydrogens (tertiary/aromatic N) is 1. The topological polar surface area (TPSA) is 66.5 Å². The van der Waals surface area contributed by atoms with E-state index in [0.29, 0.717) is 19.0 Å². The summed E-state index contributed by atoms with van der Waals surface area (Å²) in [6.07, 6.45) is 2.03. The van der Waals surface area contributed by atoms with Crippen molar-refractivity contribution in [3.8, 4) is 0 Å². The Morgan fingerprint density at radius 3 is 2.11 bits per heavy atom. The van der Waals surface area contributed by atoms with Crippen molar-refractivity contribution >= 4 is 15.9 Å². The summed E-state index contributed by atoms with van der Waals surface area (Å²) in [7, 11) is -3.32. The van der Waals surface area contributed by atoms with Crippen molar-refractivity contribution in [2.24, 2.45) is 11.8 Å². The molecule has 0 bridgehead atoms. The molecule has 0 radical (unpaired) electrons. The molecule has 0 fully saturated rings. The van der Waals surface area contributed by atoms with Gasteiger partial charge in [0.25, 0.3) is 0 Å². The highest BCUT2D eigenvalue weighted by atomic mass is 32.2. The first kappa shape index (κ1) is 17.4. The number of rotatable bonds is 8. The molecule has 0 aliphatic rings. The van der Waals surface area contributed by atoms with Gasteiger partial charge in [-0.15, -0.1) is 0 Å². The van der Waals surface area contributed by atoms with Gasteiger partial charge in [-0.3, -0.25) is 4.79 Å². The van der Waals surface area contributed by atoms with Crippen LogP contribution in [0.25, 0.3) is 0 Å². The lowest BCUT2D eigenvalue weighted by Crippen LogP contribution is -2.42. The molecule has 1 N–H and O–H groups in total. The minimum atomic E-state index is -3.32. The summed E-state index contributed by atoms with van der Waals surface area (Å²) >= 11 is 0. The zero-order valence-electron chi connectivity index (χ0n) is 12.1. The van der Waals surface area contributed by atoms with Crippen LogP contribution in [0, 0.1) is 11.8 Å². The number of carbonyl (C=O) groups excluding carboxylic acids is 1. The lowest BCUT2D eigenvalue weighted by molar-refractivity contribution is -0.121. The molecule has 0 aliphatic heterocycles. The number of carbonyl (C=O) groups is 1. The predicted octanol–water partition coefficient (Wildman–Crippen LogP) is 1.07. The Morgan fingerprint density at radius 1 is 1.17 bits per heavy atom. The van der Waals surface area contributed by atoms with Gasteiger partial charge in [0.2, 0.25) is 15.9 Å². The van der Waals surface area contributed by atoms with E-state index >= 15 is 0 Å². The Hall–Kier alpha value is -0.620. The summed E-state index contributed by atoms with van der Waals surface area (Å²) in [5.74, 6) is 0.483. The van der Waals surface area contributed by atoms with E-state index in [0.717, 1.165) is 12.7 Å². The summed E-state index contributed by atoms with van der Waals surface area (Å²) in [5.41, 5.74) is 0. The first-order valence-electron chi connectivity index (χ1n) is 6.34. The second kappa shape index (κ2) is 7.74. The van der Waals surface area contributed by atoms with Crippen molar-refractivity contribution < 1.29 is 13.2 Å². The van der Waals surface area contributed by atoms with Crippen molar-refractivity contribution in [2.45, 2.75) is 34.1 Å². The average Bonchev–Trinajstić information content (AvgIpc) is 2.13. The van der Waals surface area contributed by atoms with Gasteiger partial charge in [0.15, 0.2) is 0 Å². The molecule has 0 saturated heterocycles. The van der Waals surface area contributed by atoms with Gasteiger partial charge in [-0.1, -0.05) is 27.7 Å². The maximum atomic E-state index is 11.6. The summed E-state index contributed by atoms with van der Waals surface area (Å²) in [6, 6.07) is 0. The zero-order chi connectivity index (χ0) is 14.3. The molecule has 0 aromatic heterocycles. The van der Waals surface area contributed by atoms with E-state index in [2.05, 4.69) is 19.2 Å². The molecular weight excluding hydrogens is 252 g/mol. The Kier molecular flexibility index (Phi) is 7.47. The van der Waals surface area contributed by atoms with E-state index in [1.807, 2.05) is 13.8 Å². The van der Waals surface area contributed by atoms with Gasteiger partial charge in [-0.25, -0.2) is 8.42 Å². The van der Waals surface area contributed by atoms with Crippen LogP contribution in [0.4, 0.5) is 0 Å². The highest BCUT2D eigenvalue weighted by Crippen LogP contribution is 2.04. The fraction of sp³-hybridized carbons (Fsp3) is 0.917. The smallest absolute Gasteiger partial charge is 0.235 e. The van der Waals surface area contributed by atoms with E-state index in [4.69, 9.17) is 0 Å². The molecule has 18 heavy (non-hydrogen) atoms. The van der Waals surface area contributed by atoms with E-state index in [1.165, 1.54) is 4.31 Å². The third kappa shape index (κ3) is 8.47. The van der Waals surface area contributed by atoms with Crippen LogP contribution >= 0.6 is 0 Å². The number of hydrogen-bond donors (Lipinski definition) is 1. The molecule has 0 saturated carbocycles. The Morgan fingerprint density at radius 2 is 1.72 bits per heavy atom. The normalized spacial score (nSPS) is 12.4. The van der Waals surface area contributed by atoms with E-state index in [1.54, 1.807) is 0 Å². The van der Waals surface area contributed by atoms with Gasteiger partial charge in [0.05, 0.1) is 12.8 Å². The summed E-state index contributed by atoms with van der Waals surface area (Å²) in [6.45, 7) is 8.88. The lowest BCUT2D eigenvalue weighted by Gasteiger charge is -2.21. The number of nitrogens with one attached hydrogen (secondary N) is 1. The molecule has 108 valence electrons. The minimum absolute atomic E-state index is 0.0882. The van der Waals surface area contributed by atoms with Crippen molar-refractivity contribution in [1.29, 1.82) is 0 Å². The van der Waals surface area contributed by atoms with Crippen LogP contribution in [-0.2, 0) is 14.8 Å². The zero-order valence-corrected chi connectivity index (χ0v) is 12.9. The molecule has 0 heterocycles. The first-order valence-corrected chi connectivity index (χ1v) is 8.19. The third-order valence-corrected chi connectivity index (χ3v) is 3.62. The highest BCUT2D eigenvalue weighted by molar-refractivity contribution is 7.88. The molecule has 0 rings (SSSR count). The van der Waals surface area contributed by atoms with E-state index < -0.39 is 10.0 Å². The Bertz CT molecular complexity index is 350. The molecule has 0 aliphatic carbocycles. The van der Waals surface area contributed by atoms with Crippen LogP contribution in [-0.4, -0.2) is 44.5 Å².